The number of benzene rings is 1. The summed E-state index contributed by atoms with van der Waals surface area (Å²) in [6, 6.07) is 7.38. The Balaban J connectivity index is 1.94. The van der Waals surface area contributed by atoms with Gasteiger partial charge >= 0.3 is 5.69 Å². The zero-order valence-electron chi connectivity index (χ0n) is 13.7. The lowest BCUT2D eigenvalue weighted by molar-refractivity contribution is -0.120. The Hall–Kier alpha value is -1.73. The molecule has 0 saturated heterocycles. The van der Waals surface area contributed by atoms with E-state index in [1.807, 2.05) is 18.2 Å². The number of thioether (sulfide) groups is 1. The number of aromatic nitrogens is 3. The van der Waals surface area contributed by atoms with E-state index in [0.717, 1.165) is 18.4 Å². The van der Waals surface area contributed by atoms with Gasteiger partial charge in [-0.1, -0.05) is 54.9 Å². The summed E-state index contributed by atoms with van der Waals surface area (Å²) in [5.41, 5.74) is 0.624. The van der Waals surface area contributed by atoms with Gasteiger partial charge in [-0.25, -0.2) is 9.89 Å². The number of unbranched alkanes of at least 4 members (excludes halogenated alkanes) is 1. The van der Waals surface area contributed by atoms with Gasteiger partial charge in [0.1, 0.15) is 0 Å². The maximum absolute atomic E-state index is 12.3. The number of amides is 1. The summed E-state index contributed by atoms with van der Waals surface area (Å²) in [4.78, 5) is 24.0. The molecule has 6 nitrogen and oxygen atoms in total. The van der Waals surface area contributed by atoms with Crippen LogP contribution in [-0.4, -0.2) is 25.9 Å². The number of nitrogens with zero attached hydrogens (tertiary/aromatic N) is 2. The highest BCUT2D eigenvalue weighted by molar-refractivity contribution is 8.00. The monoisotopic (exact) mass is 368 g/mol. The Morgan fingerprint density at radius 2 is 2.21 bits per heavy atom. The highest BCUT2D eigenvalue weighted by Crippen LogP contribution is 2.21. The number of hydrogen-bond donors (Lipinski definition) is 2. The molecular formula is C16H21ClN4O2S. The normalized spacial score (nSPS) is 12.1. The summed E-state index contributed by atoms with van der Waals surface area (Å²) >= 11 is 7.34. The molecule has 2 aromatic rings. The van der Waals surface area contributed by atoms with Gasteiger partial charge in [0.25, 0.3) is 0 Å². The maximum atomic E-state index is 12.3. The summed E-state index contributed by atoms with van der Waals surface area (Å²) in [5, 5.41) is 10.1. The molecule has 0 aliphatic carbocycles. The molecule has 0 radical (unpaired) electrons. The first kappa shape index (κ1) is 18.6. The fourth-order valence-electron chi connectivity index (χ4n) is 2.09. The first-order chi connectivity index (χ1) is 11.5. The van der Waals surface area contributed by atoms with Crippen LogP contribution in [0.4, 0.5) is 0 Å². The zero-order chi connectivity index (χ0) is 17.5. The summed E-state index contributed by atoms with van der Waals surface area (Å²) in [6.07, 6.45) is 1.87. The van der Waals surface area contributed by atoms with Gasteiger partial charge < -0.3 is 5.32 Å². The van der Waals surface area contributed by atoms with E-state index in [9.17, 15) is 9.59 Å². The minimum Gasteiger partial charge on any atom is -0.351 e. The van der Waals surface area contributed by atoms with Crippen LogP contribution in [0.25, 0.3) is 0 Å². The largest absolute Gasteiger partial charge is 0.351 e. The third kappa shape index (κ3) is 4.88. The fourth-order valence-corrected chi connectivity index (χ4v) is 3.20. The summed E-state index contributed by atoms with van der Waals surface area (Å²) in [7, 11) is 0. The van der Waals surface area contributed by atoms with E-state index in [2.05, 4.69) is 22.4 Å². The molecule has 1 aromatic heterocycles. The molecule has 0 aliphatic heterocycles. The van der Waals surface area contributed by atoms with Crippen LogP contribution in [-0.2, 0) is 17.9 Å². The molecule has 0 bridgehead atoms. The number of halogens is 1. The van der Waals surface area contributed by atoms with Gasteiger partial charge in [-0.05, 0) is 25.0 Å². The van der Waals surface area contributed by atoms with Crippen molar-refractivity contribution in [1.29, 1.82) is 0 Å². The number of carbonyl (C=O) groups is 1. The second-order valence-corrected chi connectivity index (χ2v) is 7.10. The number of rotatable bonds is 8. The molecule has 0 fully saturated rings. The summed E-state index contributed by atoms with van der Waals surface area (Å²) in [5.74, 6) is -0.127. The van der Waals surface area contributed by atoms with Crippen molar-refractivity contribution in [3.63, 3.8) is 0 Å². The Morgan fingerprint density at radius 1 is 1.46 bits per heavy atom. The molecule has 130 valence electrons. The second kappa shape index (κ2) is 8.94. The Bertz CT molecular complexity index is 744. The molecule has 1 aromatic carbocycles. The number of hydrogen-bond acceptors (Lipinski definition) is 4. The van der Waals surface area contributed by atoms with Gasteiger partial charge in [-0.15, -0.1) is 5.10 Å². The van der Waals surface area contributed by atoms with Crippen LogP contribution in [0.5, 0.6) is 0 Å². The van der Waals surface area contributed by atoms with Crippen molar-refractivity contribution < 1.29 is 4.79 Å². The van der Waals surface area contributed by atoms with Gasteiger partial charge in [0.15, 0.2) is 5.16 Å². The van der Waals surface area contributed by atoms with E-state index in [4.69, 9.17) is 11.6 Å². The van der Waals surface area contributed by atoms with Crippen LogP contribution in [0.15, 0.2) is 34.2 Å². The van der Waals surface area contributed by atoms with Crippen LogP contribution in [0.1, 0.15) is 32.3 Å². The molecule has 1 amide bonds. The molecule has 8 heteroatoms. The third-order valence-corrected chi connectivity index (χ3v) is 4.98. The first-order valence-corrected chi connectivity index (χ1v) is 9.11. The molecule has 0 unspecified atom stereocenters. The molecule has 2 rings (SSSR count). The van der Waals surface area contributed by atoms with Crippen molar-refractivity contribution >= 4 is 29.3 Å². The van der Waals surface area contributed by atoms with Gasteiger partial charge in [0.05, 0.1) is 5.25 Å². The lowest BCUT2D eigenvalue weighted by Crippen LogP contribution is -2.31. The Kier molecular flexibility index (Phi) is 6.93. The van der Waals surface area contributed by atoms with Crippen LogP contribution in [0, 0.1) is 0 Å². The van der Waals surface area contributed by atoms with E-state index in [0.29, 0.717) is 23.3 Å². The van der Waals surface area contributed by atoms with Crippen molar-refractivity contribution in [3.8, 4) is 0 Å². The molecule has 2 N–H and O–H groups in total. The van der Waals surface area contributed by atoms with E-state index in [-0.39, 0.29) is 16.8 Å². The lowest BCUT2D eigenvalue weighted by Gasteiger charge is -2.12. The van der Waals surface area contributed by atoms with Crippen LogP contribution in [0.3, 0.4) is 0 Å². The SMILES string of the molecule is CCCCn1c(S[C@H](C)C(=O)NCc2ccccc2Cl)n[nH]c1=O. The number of aromatic amines is 1. The fraction of sp³-hybridized carbons (Fsp3) is 0.438. The summed E-state index contributed by atoms with van der Waals surface area (Å²) < 4.78 is 1.58. The quantitative estimate of drug-likeness (QED) is 0.702. The molecule has 24 heavy (non-hydrogen) atoms. The summed E-state index contributed by atoms with van der Waals surface area (Å²) in [6.45, 7) is 4.81. The third-order valence-electron chi connectivity index (χ3n) is 3.52. The molecule has 1 atom stereocenters. The molecule has 0 spiro atoms. The predicted octanol–water partition coefficient (Wildman–Crippen LogP) is 2.82. The average Bonchev–Trinajstić information content (AvgIpc) is 2.91. The van der Waals surface area contributed by atoms with E-state index >= 15 is 0 Å². The smallest absolute Gasteiger partial charge is 0.343 e. The molecule has 1 heterocycles. The molecule has 0 aliphatic rings. The lowest BCUT2D eigenvalue weighted by atomic mass is 10.2. The van der Waals surface area contributed by atoms with E-state index < -0.39 is 0 Å². The van der Waals surface area contributed by atoms with Gasteiger partial charge in [-0.2, -0.15) is 0 Å². The molecular weight excluding hydrogens is 348 g/mol. The van der Waals surface area contributed by atoms with Gasteiger partial charge in [0.2, 0.25) is 5.91 Å². The molecule has 0 saturated carbocycles. The number of H-pyrrole nitrogens is 1. The first-order valence-electron chi connectivity index (χ1n) is 7.86. The zero-order valence-corrected chi connectivity index (χ0v) is 15.3. The topological polar surface area (TPSA) is 79.8 Å². The average molecular weight is 369 g/mol. The predicted molar refractivity (Wildman–Crippen MR) is 96.4 cm³/mol. The minimum absolute atomic E-state index is 0.127. The van der Waals surface area contributed by atoms with Gasteiger partial charge in [0, 0.05) is 18.1 Å². The minimum atomic E-state index is -0.372. The van der Waals surface area contributed by atoms with Crippen LogP contribution >= 0.6 is 23.4 Å². The van der Waals surface area contributed by atoms with Crippen molar-refractivity contribution in [1.82, 2.24) is 20.1 Å². The highest BCUT2D eigenvalue weighted by Gasteiger charge is 2.18. The van der Waals surface area contributed by atoms with Gasteiger partial charge in [-0.3, -0.25) is 9.36 Å². The van der Waals surface area contributed by atoms with Crippen molar-refractivity contribution in [2.75, 3.05) is 0 Å². The van der Waals surface area contributed by atoms with Crippen molar-refractivity contribution in [3.05, 3.63) is 45.3 Å². The Morgan fingerprint density at radius 3 is 2.92 bits per heavy atom. The van der Waals surface area contributed by atoms with Crippen LogP contribution in [0.2, 0.25) is 5.02 Å². The van der Waals surface area contributed by atoms with E-state index in [1.54, 1.807) is 17.6 Å². The standard InChI is InChI=1S/C16H21ClN4O2S/c1-3-4-9-21-15(23)19-20-16(21)24-11(2)14(22)18-10-12-7-5-6-8-13(12)17/h5-8,11H,3-4,9-10H2,1-2H3,(H,18,22)(H,19,23)/t11-/m1/s1. The van der Waals surface area contributed by atoms with Crippen molar-refractivity contribution in [2.45, 2.75) is 50.2 Å². The second-order valence-electron chi connectivity index (χ2n) is 5.39. The van der Waals surface area contributed by atoms with Crippen molar-refractivity contribution in [2.24, 2.45) is 0 Å². The Labute approximate surface area is 150 Å². The maximum Gasteiger partial charge on any atom is 0.343 e. The number of nitrogens with one attached hydrogen (secondary N) is 2. The van der Waals surface area contributed by atoms with Crippen LogP contribution < -0.4 is 11.0 Å². The van der Waals surface area contributed by atoms with E-state index in [1.165, 1.54) is 11.8 Å². The highest BCUT2D eigenvalue weighted by atomic mass is 35.5. The number of carbonyl (C=O) groups excluding carboxylic acids is 1.